The highest BCUT2D eigenvalue weighted by molar-refractivity contribution is 6.36. The number of hydrogen-bond acceptors (Lipinski definition) is 2. The summed E-state index contributed by atoms with van der Waals surface area (Å²) in [5.41, 5.74) is -0.0735. The fourth-order valence-electron chi connectivity index (χ4n) is 1.40. The SMILES string of the molecule is CCCCCOc1c(Cl)ccc(Cl)c1C(=O)O. The lowest BCUT2D eigenvalue weighted by atomic mass is 10.2. The molecule has 0 radical (unpaired) electrons. The van der Waals surface area contributed by atoms with Crippen LogP contribution in [0.1, 0.15) is 36.5 Å². The van der Waals surface area contributed by atoms with Gasteiger partial charge in [0, 0.05) is 0 Å². The van der Waals surface area contributed by atoms with Crippen LogP contribution in [0.5, 0.6) is 5.75 Å². The molecular formula is C12H14Cl2O3. The maximum absolute atomic E-state index is 11.1. The summed E-state index contributed by atoms with van der Waals surface area (Å²) < 4.78 is 5.41. The molecule has 17 heavy (non-hydrogen) atoms. The third-order valence-corrected chi connectivity index (χ3v) is 2.88. The highest BCUT2D eigenvalue weighted by atomic mass is 35.5. The van der Waals surface area contributed by atoms with Crippen LogP contribution >= 0.6 is 23.2 Å². The lowest BCUT2D eigenvalue weighted by Gasteiger charge is -2.11. The van der Waals surface area contributed by atoms with Crippen molar-refractivity contribution in [2.45, 2.75) is 26.2 Å². The largest absolute Gasteiger partial charge is 0.491 e. The van der Waals surface area contributed by atoms with Crippen LogP contribution in [-0.2, 0) is 0 Å². The van der Waals surface area contributed by atoms with Crippen molar-refractivity contribution >= 4 is 29.2 Å². The molecule has 0 aliphatic heterocycles. The second-order valence-electron chi connectivity index (χ2n) is 3.59. The Balaban J connectivity index is 2.88. The second-order valence-corrected chi connectivity index (χ2v) is 4.41. The topological polar surface area (TPSA) is 46.5 Å². The Kier molecular flexibility index (Phi) is 5.59. The van der Waals surface area contributed by atoms with Gasteiger partial charge in [-0.2, -0.15) is 0 Å². The molecule has 0 atom stereocenters. The van der Waals surface area contributed by atoms with E-state index in [-0.39, 0.29) is 21.4 Å². The van der Waals surface area contributed by atoms with Gasteiger partial charge in [-0.3, -0.25) is 0 Å². The standard InChI is InChI=1S/C12H14Cl2O3/c1-2-3-4-7-17-11-9(14)6-5-8(13)10(11)12(15)16/h5-6H,2-4,7H2,1H3,(H,15,16). The third-order valence-electron chi connectivity index (χ3n) is 2.27. The normalized spacial score (nSPS) is 10.3. The molecule has 0 amide bonds. The second kappa shape index (κ2) is 6.72. The van der Waals surface area contributed by atoms with Crippen molar-refractivity contribution in [3.8, 4) is 5.75 Å². The Morgan fingerprint density at radius 2 is 1.94 bits per heavy atom. The summed E-state index contributed by atoms with van der Waals surface area (Å²) >= 11 is 11.7. The van der Waals surface area contributed by atoms with E-state index in [1.54, 1.807) is 0 Å². The van der Waals surface area contributed by atoms with Crippen LogP contribution in [0.3, 0.4) is 0 Å². The van der Waals surface area contributed by atoms with Gasteiger partial charge in [-0.15, -0.1) is 0 Å². The van der Waals surface area contributed by atoms with Crippen molar-refractivity contribution in [1.29, 1.82) is 0 Å². The van der Waals surface area contributed by atoms with Gasteiger partial charge in [-0.05, 0) is 18.6 Å². The van der Waals surface area contributed by atoms with Crippen LogP contribution in [-0.4, -0.2) is 17.7 Å². The van der Waals surface area contributed by atoms with Crippen LogP contribution < -0.4 is 4.74 Å². The molecule has 5 heteroatoms. The molecule has 0 bridgehead atoms. The van der Waals surface area contributed by atoms with E-state index in [2.05, 4.69) is 6.92 Å². The predicted molar refractivity (Wildman–Crippen MR) is 68.4 cm³/mol. The van der Waals surface area contributed by atoms with Crippen molar-refractivity contribution in [2.24, 2.45) is 0 Å². The quantitative estimate of drug-likeness (QED) is 0.790. The molecule has 3 nitrogen and oxygen atoms in total. The molecule has 94 valence electrons. The predicted octanol–water partition coefficient (Wildman–Crippen LogP) is 4.26. The number of aromatic carboxylic acids is 1. The highest BCUT2D eigenvalue weighted by Crippen LogP contribution is 2.34. The smallest absolute Gasteiger partial charge is 0.341 e. The van der Waals surface area contributed by atoms with Crippen LogP contribution in [0.4, 0.5) is 0 Å². The highest BCUT2D eigenvalue weighted by Gasteiger charge is 2.18. The molecule has 0 aromatic heterocycles. The maximum atomic E-state index is 11.1. The van der Waals surface area contributed by atoms with Crippen molar-refractivity contribution in [2.75, 3.05) is 6.61 Å². The maximum Gasteiger partial charge on any atom is 0.341 e. The minimum Gasteiger partial charge on any atom is -0.491 e. The summed E-state index contributed by atoms with van der Waals surface area (Å²) in [6.45, 7) is 2.52. The minimum absolute atomic E-state index is 0.0735. The van der Waals surface area contributed by atoms with Crippen molar-refractivity contribution in [3.63, 3.8) is 0 Å². The van der Waals surface area contributed by atoms with Gasteiger partial charge in [0.05, 0.1) is 16.7 Å². The first-order chi connectivity index (χ1) is 8.07. The summed E-state index contributed by atoms with van der Waals surface area (Å²) in [5.74, 6) is -0.981. The van der Waals surface area contributed by atoms with E-state index in [0.29, 0.717) is 6.61 Å². The summed E-state index contributed by atoms with van der Waals surface area (Å²) in [6.07, 6.45) is 2.96. The summed E-state index contributed by atoms with van der Waals surface area (Å²) in [4.78, 5) is 11.1. The van der Waals surface area contributed by atoms with E-state index in [0.717, 1.165) is 19.3 Å². The molecule has 0 aliphatic rings. The first-order valence-electron chi connectivity index (χ1n) is 5.42. The monoisotopic (exact) mass is 276 g/mol. The number of halogens is 2. The minimum atomic E-state index is -1.14. The molecule has 0 aliphatic carbocycles. The van der Waals surface area contributed by atoms with Crippen molar-refractivity contribution < 1.29 is 14.6 Å². The summed E-state index contributed by atoms with van der Waals surface area (Å²) in [7, 11) is 0. The van der Waals surface area contributed by atoms with Gasteiger partial charge >= 0.3 is 5.97 Å². The number of carboxylic acid groups (broad SMARTS) is 1. The molecular weight excluding hydrogens is 263 g/mol. The van der Waals surface area contributed by atoms with Crippen LogP contribution in [0, 0.1) is 0 Å². The average molecular weight is 277 g/mol. The number of rotatable bonds is 6. The molecule has 1 rings (SSSR count). The third kappa shape index (κ3) is 3.79. The fraction of sp³-hybridized carbons (Fsp3) is 0.417. The molecule has 1 N–H and O–H groups in total. The van der Waals surface area contributed by atoms with Gasteiger partial charge in [-0.25, -0.2) is 4.79 Å². The van der Waals surface area contributed by atoms with E-state index >= 15 is 0 Å². The van der Waals surface area contributed by atoms with Crippen LogP contribution in [0.25, 0.3) is 0 Å². The summed E-state index contributed by atoms with van der Waals surface area (Å²) in [5, 5.41) is 9.45. The van der Waals surface area contributed by atoms with Gasteiger partial charge in [0.1, 0.15) is 5.56 Å². The zero-order chi connectivity index (χ0) is 12.8. The number of carbonyl (C=O) groups is 1. The fourth-order valence-corrected chi connectivity index (χ4v) is 1.84. The lowest BCUT2D eigenvalue weighted by molar-refractivity contribution is 0.0692. The van der Waals surface area contributed by atoms with Crippen molar-refractivity contribution in [3.05, 3.63) is 27.7 Å². The van der Waals surface area contributed by atoms with Gasteiger partial charge in [0.15, 0.2) is 5.75 Å². The zero-order valence-corrected chi connectivity index (χ0v) is 11.0. The number of carboxylic acids is 1. The molecule has 0 spiro atoms. The molecule has 1 aromatic carbocycles. The molecule has 0 fully saturated rings. The number of hydrogen-bond donors (Lipinski definition) is 1. The number of benzene rings is 1. The zero-order valence-electron chi connectivity index (χ0n) is 9.50. The number of ether oxygens (including phenoxy) is 1. The number of unbranched alkanes of at least 4 members (excludes halogenated alkanes) is 2. The van der Waals surface area contributed by atoms with E-state index in [9.17, 15) is 4.79 Å². The molecule has 0 heterocycles. The Bertz CT molecular complexity index is 405. The lowest BCUT2D eigenvalue weighted by Crippen LogP contribution is -2.06. The van der Waals surface area contributed by atoms with Crippen LogP contribution in [0.2, 0.25) is 10.0 Å². The van der Waals surface area contributed by atoms with Gasteiger partial charge in [0.2, 0.25) is 0 Å². The van der Waals surface area contributed by atoms with Crippen molar-refractivity contribution in [1.82, 2.24) is 0 Å². The Morgan fingerprint density at radius 1 is 1.29 bits per heavy atom. The Labute approximate surface area is 110 Å². The average Bonchev–Trinajstić information content (AvgIpc) is 2.28. The first kappa shape index (κ1) is 14.1. The Morgan fingerprint density at radius 3 is 2.53 bits per heavy atom. The molecule has 0 saturated heterocycles. The van der Waals surface area contributed by atoms with E-state index < -0.39 is 5.97 Å². The van der Waals surface area contributed by atoms with Gasteiger partial charge < -0.3 is 9.84 Å². The molecule has 0 unspecified atom stereocenters. The molecule has 1 aromatic rings. The van der Waals surface area contributed by atoms with E-state index in [1.165, 1.54) is 12.1 Å². The van der Waals surface area contributed by atoms with Crippen LogP contribution in [0.15, 0.2) is 12.1 Å². The van der Waals surface area contributed by atoms with E-state index in [1.807, 2.05) is 0 Å². The molecule has 0 saturated carbocycles. The first-order valence-corrected chi connectivity index (χ1v) is 6.17. The van der Waals surface area contributed by atoms with Gasteiger partial charge in [-0.1, -0.05) is 43.0 Å². The van der Waals surface area contributed by atoms with E-state index in [4.69, 9.17) is 33.0 Å². The Hall–Kier alpha value is -0.930. The van der Waals surface area contributed by atoms with Gasteiger partial charge in [0.25, 0.3) is 0 Å². The summed E-state index contributed by atoms with van der Waals surface area (Å²) in [6, 6.07) is 2.98.